The Morgan fingerprint density at radius 2 is 1.64 bits per heavy atom. The smallest absolute Gasteiger partial charge is 0.325 e. The molecule has 0 bridgehead atoms. The van der Waals surface area contributed by atoms with Crippen LogP contribution in [-0.2, 0) is 20.8 Å². The van der Waals surface area contributed by atoms with Crippen molar-refractivity contribution in [1.82, 2.24) is 10.6 Å². The third-order valence-electron chi connectivity index (χ3n) is 3.71. The number of nitrogens with one attached hydrogen (secondary N) is 2. The largest absolute Gasteiger partial charge is 0.480 e. The zero-order chi connectivity index (χ0) is 19.0. The Kier molecular flexibility index (Phi) is 8.07. The Labute approximate surface area is 148 Å². The summed E-state index contributed by atoms with van der Waals surface area (Å²) in [6.07, 6.45) is 0.746. The zero-order valence-corrected chi connectivity index (χ0v) is 14.9. The van der Waals surface area contributed by atoms with Gasteiger partial charge < -0.3 is 21.5 Å². The third kappa shape index (κ3) is 7.34. The molecule has 1 aromatic rings. The minimum atomic E-state index is -1.14. The predicted octanol–water partition coefficient (Wildman–Crippen LogP) is 0.677. The summed E-state index contributed by atoms with van der Waals surface area (Å²) in [5.74, 6) is -1.87. The normalized spacial score (nSPS) is 14.4. The molecular formula is C18H27N3O4. The first kappa shape index (κ1) is 20.6. The highest BCUT2D eigenvalue weighted by Crippen LogP contribution is 2.06. The number of carbonyl (C=O) groups excluding carboxylic acids is 2. The molecule has 0 saturated heterocycles. The molecule has 0 fully saturated rings. The zero-order valence-electron chi connectivity index (χ0n) is 14.9. The van der Waals surface area contributed by atoms with Gasteiger partial charge in [0, 0.05) is 6.42 Å². The van der Waals surface area contributed by atoms with Crippen LogP contribution >= 0.6 is 0 Å². The van der Waals surface area contributed by atoms with E-state index in [0.29, 0.717) is 6.42 Å². The fourth-order valence-corrected chi connectivity index (χ4v) is 2.33. The number of amides is 2. The van der Waals surface area contributed by atoms with Gasteiger partial charge in [-0.05, 0) is 24.8 Å². The highest BCUT2D eigenvalue weighted by atomic mass is 16.4. The van der Waals surface area contributed by atoms with Gasteiger partial charge in [0.25, 0.3) is 0 Å². The average Bonchev–Trinajstić information content (AvgIpc) is 2.54. The number of rotatable bonds is 9. The molecule has 0 heterocycles. The van der Waals surface area contributed by atoms with E-state index in [4.69, 9.17) is 10.8 Å². The van der Waals surface area contributed by atoms with Crippen LogP contribution in [0.15, 0.2) is 30.3 Å². The SMILES string of the molecule is CC(C)CC(N)C(=O)NC(Cc1ccccc1)C(=O)NC(C)C(=O)O. The minimum Gasteiger partial charge on any atom is -0.480 e. The summed E-state index contributed by atoms with van der Waals surface area (Å²) in [5.41, 5.74) is 6.72. The standard InChI is InChI=1S/C18H27N3O4/c1-11(2)9-14(19)16(22)21-15(10-13-7-5-4-6-8-13)17(23)20-12(3)18(24)25/h4-8,11-12,14-15H,9-10,19H2,1-3H3,(H,20,23)(H,21,22)(H,24,25). The molecule has 1 aromatic carbocycles. The van der Waals surface area contributed by atoms with Crippen LogP contribution in [0, 0.1) is 5.92 Å². The van der Waals surface area contributed by atoms with Gasteiger partial charge >= 0.3 is 5.97 Å². The molecule has 5 N–H and O–H groups in total. The van der Waals surface area contributed by atoms with E-state index in [0.717, 1.165) is 5.56 Å². The van der Waals surface area contributed by atoms with Crippen molar-refractivity contribution in [3.8, 4) is 0 Å². The van der Waals surface area contributed by atoms with E-state index in [9.17, 15) is 14.4 Å². The lowest BCUT2D eigenvalue weighted by Crippen LogP contribution is -2.54. The van der Waals surface area contributed by atoms with Gasteiger partial charge in [-0.15, -0.1) is 0 Å². The molecule has 3 unspecified atom stereocenters. The van der Waals surface area contributed by atoms with Crippen LogP contribution in [0.3, 0.4) is 0 Å². The number of nitrogens with two attached hydrogens (primary N) is 1. The van der Waals surface area contributed by atoms with Gasteiger partial charge in [0.1, 0.15) is 12.1 Å². The lowest BCUT2D eigenvalue weighted by atomic mass is 10.0. The molecule has 7 heteroatoms. The van der Waals surface area contributed by atoms with Crippen molar-refractivity contribution in [2.75, 3.05) is 0 Å². The van der Waals surface area contributed by atoms with Crippen molar-refractivity contribution in [2.24, 2.45) is 11.7 Å². The molecule has 1 rings (SSSR count). The Morgan fingerprint density at radius 3 is 2.16 bits per heavy atom. The molecule has 138 valence electrons. The van der Waals surface area contributed by atoms with E-state index < -0.39 is 35.9 Å². The van der Waals surface area contributed by atoms with Crippen LogP contribution in [0.4, 0.5) is 0 Å². The number of carboxylic acid groups (broad SMARTS) is 1. The maximum Gasteiger partial charge on any atom is 0.325 e. The first-order valence-electron chi connectivity index (χ1n) is 8.33. The molecular weight excluding hydrogens is 322 g/mol. The van der Waals surface area contributed by atoms with Crippen LogP contribution < -0.4 is 16.4 Å². The van der Waals surface area contributed by atoms with Crippen LogP contribution in [0.5, 0.6) is 0 Å². The van der Waals surface area contributed by atoms with Gasteiger partial charge in [-0.3, -0.25) is 14.4 Å². The summed E-state index contributed by atoms with van der Waals surface area (Å²) in [7, 11) is 0. The quantitative estimate of drug-likeness (QED) is 0.522. The number of carboxylic acids is 1. The second-order valence-corrected chi connectivity index (χ2v) is 6.56. The molecule has 7 nitrogen and oxygen atoms in total. The fraction of sp³-hybridized carbons (Fsp3) is 0.500. The number of benzene rings is 1. The predicted molar refractivity (Wildman–Crippen MR) is 94.7 cm³/mol. The van der Waals surface area contributed by atoms with Crippen LogP contribution in [-0.4, -0.2) is 41.0 Å². The molecule has 0 aliphatic carbocycles. The van der Waals surface area contributed by atoms with Crippen molar-refractivity contribution < 1.29 is 19.5 Å². The Morgan fingerprint density at radius 1 is 1.04 bits per heavy atom. The highest BCUT2D eigenvalue weighted by Gasteiger charge is 2.26. The first-order chi connectivity index (χ1) is 11.7. The van der Waals surface area contributed by atoms with Gasteiger partial charge in [-0.2, -0.15) is 0 Å². The summed E-state index contributed by atoms with van der Waals surface area (Å²) < 4.78 is 0. The summed E-state index contributed by atoms with van der Waals surface area (Å²) in [6, 6.07) is 6.52. The summed E-state index contributed by atoms with van der Waals surface area (Å²) in [5, 5.41) is 14.0. The van der Waals surface area contributed by atoms with E-state index >= 15 is 0 Å². The summed E-state index contributed by atoms with van der Waals surface area (Å²) in [6.45, 7) is 5.28. The molecule has 0 saturated carbocycles. The second-order valence-electron chi connectivity index (χ2n) is 6.56. The lowest BCUT2D eigenvalue weighted by molar-refractivity contribution is -0.141. The minimum absolute atomic E-state index is 0.245. The highest BCUT2D eigenvalue weighted by molar-refractivity contribution is 5.91. The monoisotopic (exact) mass is 349 g/mol. The van der Waals surface area contributed by atoms with Crippen molar-refractivity contribution in [1.29, 1.82) is 0 Å². The van der Waals surface area contributed by atoms with Gasteiger partial charge in [0.05, 0.1) is 6.04 Å². The molecule has 0 aromatic heterocycles. The van der Waals surface area contributed by atoms with E-state index in [1.54, 1.807) is 0 Å². The molecule has 2 amide bonds. The molecule has 0 aliphatic heterocycles. The average molecular weight is 349 g/mol. The van der Waals surface area contributed by atoms with Crippen LogP contribution in [0.25, 0.3) is 0 Å². The Bertz CT molecular complexity index is 589. The maximum atomic E-state index is 12.4. The Balaban J connectivity index is 2.85. The first-order valence-corrected chi connectivity index (χ1v) is 8.33. The topological polar surface area (TPSA) is 122 Å². The number of aliphatic carboxylic acids is 1. The molecule has 0 radical (unpaired) electrons. The summed E-state index contributed by atoms with van der Waals surface area (Å²) >= 11 is 0. The van der Waals surface area contributed by atoms with Crippen molar-refractivity contribution in [2.45, 2.75) is 51.7 Å². The van der Waals surface area contributed by atoms with Crippen LogP contribution in [0.1, 0.15) is 32.8 Å². The van der Waals surface area contributed by atoms with Gasteiger partial charge in [0.2, 0.25) is 11.8 Å². The van der Waals surface area contributed by atoms with Gasteiger partial charge in [-0.25, -0.2) is 0 Å². The van der Waals surface area contributed by atoms with Crippen molar-refractivity contribution in [3.63, 3.8) is 0 Å². The van der Waals surface area contributed by atoms with Crippen molar-refractivity contribution in [3.05, 3.63) is 35.9 Å². The molecule has 25 heavy (non-hydrogen) atoms. The number of hydrogen-bond acceptors (Lipinski definition) is 4. The molecule has 3 atom stereocenters. The molecule has 0 spiro atoms. The van der Waals surface area contributed by atoms with E-state index in [2.05, 4.69) is 10.6 Å². The van der Waals surface area contributed by atoms with E-state index in [1.807, 2.05) is 44.2 Å². The Hall–Kier alpha value is -2.41. The van der Waals surface area contributed by atoms with E-state index in [-0.39, 0.29) is 12.3 Å². The third-order valence-corrected chi connectivity index (χ3v) is 3.71. The van der Waals surface area contributed by atoms with Crippen LogP contribution in [0.2, 0.25) is 0 Å². The number of hydrogen-bond donors (Lipinski definition) is 4. The van der Waals surface area contributed by atoms with Gasteiger partial charge in [-0.1, -0.05) is 44.2 Å². The van der Waals surface area contributed by atoms with Crippen molar-refractivity contribution >= 4 is 17.8 Å². The molecule has 0 aliphatic rings. The van der Waals surface area contributed by atoms with Gasteiger partial charge in [0.15, 0.2) is 0 Å². The maximum absolute atomic E-state index is 12.4. The fourth-order valence-electron chi connectivity index (χ4n) is 2.33. The number of carbonyl (C=O) groups is 3. The lowest BCUT2D eigenvalue weighted by Gasteiger charge is -2.22. The second kappa shape index (κ2) is 9.78. The van der Waals surface area contributed by atoms with E-state index in [1.165, 1.54) is 6.92 Å². The summed E-state index contributed by atoms with van der Waals surface area (Å²) in [4.78, 5) is 35.6.